The number of carbonyl (C=O) groups is 2. The highest BCUT2D eigenvalue weighted by Gasteiger charge is 2.43. The van der Waals surface area contributed by atoms with E-state index in [4.69, 9.17) is 0 Å². The lowest BCUT2D eigenvalue weighted by atomic mass is 9.94. The third-order valence-electron chi connectivity index (χ3n) is 7.28. The number of nitrogens with zero attached hydrogens (tertiary/aromatic N) is 3. The zero-order valence-electron chi connectivity index (χ0n) is 23.7. The largest absolute Gasteiger partial charge is 0.481 e. The van der Waals surface area contributed by atoms with Gasteiger partial charge in [-0.25, -0.2) is 8.78 Å². The first-order valence-electron chi connectivity index (χ1n) is 13.7. The summed E-state index contributed by atoms with van der Waals surface area (Å²) >= 11 is 0. The number of rotatable bonds is 11. The van der Waals surface area contributed by atoms with Crippen LogP contribution in [0.1, 0.15) is 61.0 Å². The average Bonchev–Trinajstić information content (AvgIpc) is 2.87. The molecule has 218 valence electrons. The van der Waals surface area contributed by atoms with Gasteiger partial charge in [0, 0.05) is 36.8 Å². The number of carboxylic acid groups (broad SMARTS) is 1. The minimum Gasteiger partial charge on any atom is -0.481 e. The molecule has 41 heavy (non-hydrogen) atoms. The number of halogens is 2. The number of hydrogen-bond donors (Lipinski definition) is 2. The SMILES string of the molecule is Cc1cccc(C)c1-c1cncc([C@H](CC(=O)O)NC(=O)[C@H](CC(C)C)n2cc(CN3CC(F)(F)C3)ccc2=O)c1. The van der Waals surface area contributed by atoms with Crippen molar-refractivity contribution in [2.45, 2.75) is 65.1 Å². The van der Waals surface area contributed by atoms with Crippen LogP contribution in [-0.4, -0.2) is 50.4 Å². The third-order valence-corrected chi connectivity index (χ3v) is 7.28. The van der Waals surface area contributed by atoms with Gasteiger partial charge in [0.1, 0.15) is 6.04 Å². The van der Waals surface area contributed by atoms with E-state index < -0.39 is 35.4 Å². The predicted octanol–water partition coefficient (Wildman–Crippen LogP) is 4.90. The molecule has 0 bridgehead atoms. The van der Waals surface area contributed by atoms with E-state index in [1.165, 1.54) is 16.8 Å². The lowest BCUT2D eigenvalue weighted by Gasteiger charge is -2.38. The van der Waals surface area contributed by atoms with Gasteiger partial charge in [-0.3, -0.25) is 24.3 Å². The van der Waals surface area contributed by atoms with Gasteiger partial charge >= 0.3 is 5.97 Å². The predicted molar refractivity (Wildman–Crippen MR) is 152 cm³/mol. The smallest absolute Gasteiger partial charge is 0.305 e. The summed E-state index contributed by atoms with van der Waals surface area (Å²) in [5, 5.41) is 12.5. The maximum absolute atomic E-state index is 13.8. The number of pyridine rings is 2. The number of alkyl halides is 2. The fraction of sp³-hybridized carbons (Fsp3) is 0.419. The van der Waals surface area contributed by atoms with Crippen LogP contribution in [0.4, 0.5) is 8.78 Å². The van der Waals surface area contributed by atoms with E-state index in [2.05, 4.69) is 10.3 Å². The van der Waals surface area contributed by atoms with E-state index in [9.17, 15) is 28.3 Å². The number of aliphatic carboxylic acids is 1. The molecule has 0 aliphatic carbocycles. The van der Waals surface area contributed by atoms with E-state index in [-0.39, 0.29) is 32.0 Å². The van der Waals surface area contributed by atoms with Gasteiger partial charge in [0.15, 0.2) is 0 Å². The van der Waals surface area contributed by atoms with Crippen LogP contribution < -0.4 is 10.9 Å². The number of hydrogen-bond acceptors (Lipinski definition) is 5. The summed E-state index contributed by atoms with van der Waals surface area (Å²) in [6.07, 6.45) is 4.73. The van der Waals surface area contributed by atoms with Crippen molar-refractivity contribution in [1.29, 1.82) is 0 Å². The van der Waals surface area contributed by atoms with Gasteiger partial charge in [-0.2, -0.15) is 0 Å². The number of aromatic nitrogens is 2. The summed E-state index contributed by atoms with van der Waals surface area (Å²) in [6, 6.07) is 8.87. The molecule has 10 heteroatoms. The molecule has 1 saturated heterocycles. The van der Waals surface area contributed by atoms with Crippen LogP contribution >= 0.6 is 0 Å². The molecule has 0 radical (unpaired) electrons. The minimum atomic E-state index is -2.71. The summed E-state index contributed by atoms with van der Waals surface area (Å²) in [5.41, 5.74) is 4.64. The standard InChI is InChI=1S/C31H36F2N4O4/c1-19(2)10-26(37-16-22(8-9-27(37)38)15-36-17-31(32,33)18-36)30(41)35-25(12-28(39)40)23-11-24(14-34-13-23)29-20(3)6-5-7-21(29)4/h5-9,11,13-14,16,19,25-26H,10,12,15,17-18H2,1-4H3,(H,35,41)(H,39,40)/t25-,26-/m0/s1. The summed E-state index contributed by atoms with van der Waals surface area (Å²) in [6.45, 7) is 7.34. The average molecular weight is 567 g/mol. The van der Waals surface area contributed by atoms with Crippen molar-refractivity contribution in [2.24, 2.45) is 5.92 Å². The molecular weight excluding hydrogens is 530 g/mol. The molecule has 8 nitrogen and oxygen atoms in total. The van der Waals surface area contributed by atoms with Crippen molar-refractivity contribution in [2.75, 3.05) is 13.1 Å². The molecule has 2 aromatic heterocycles. The summed E-state index contributed by atoms with van der Waals surface area (Å²) in [7, 11) is 0. The number of nitrogens with one attached hydrogen (secondary N) is 1. The molecule has 1 fully saturated rings. The molecule has 3 heterocycles. The van der Waals surface area contributed by atoms with Crippen molar-refractivity contribution >= 4 is 11.9 Å². The van der Waals surface area contributed by atoms with Crippen molar-refractivity contribution in [1.82, 2.24) is 19.8 Å². The number of aryl methyl sites for hydroxylation is 2. The molecule has 4 rings (SSSR count). The van der Waals surface area contributed by atoms with Crippen LogP contribution in [0.5, 0.6) is 0 Å². The fourth-order valence-corrected chi connectivity index (χ4v) is 5.41. The molecule has 0 saturated carbocycles. The zero-order chi connectivity index (χ0) is 29.9. The van der Waals surface area contributed by atoms with Gasteiger partial charge in [-0.15, -0.1) is 0 Å². The van der Waals surface area contributed by atoms with Crippen molar-refractivity contribution in [3.63, 3.8) is 0 Å². The van der Waals surface area contributed by atoms with Crippen LogP contribution in [-0.2, 0) is 16.1 Å². The van der Waals surface area contributed by atoms with Crippen molar-refractivity contribution in [3.8, 4) is 11.1 Å². The molecular formula is C31H36F2N4O4. The quantitative estimate of drug-likeness (QED) is 0.342. The normalized spacial score (nSPS) is 16.2. The van der Waals surface area contributed by atoms with E-state index in [0.717, 1.165) is 22.3 Å². The van der Waals surface area contributed by atoms with E-state index in [1.54, 1.807) is 23.4 Å². The van der Waals surface area contributed by atoms with Crippen LogP contribution in [0.3, 0.4) is 0 Å². The van der Waals surface area contributed by atoms with Gasteiger partial charge in [0.25, 0.3) is 11.5 Å². The van der Waals surface area contributed by atoms with Crippen molar-refractivity contribution in [3.05, 3.63) is 87.6 Å². The maximum Gasteiger partial charge on any atom is 0.305 e. The molecule has 1 amide bonds. The Morgan fingerprint density at radius 3 is 2.39 bits per heavy atom. The number of amides is 1. The summed E-state index contributed by atoms with van der Waals surface area (Å²) in [4.78, 5) is 44.4. The lowest BCUT2D eigenvalue weighted by Crippen LogP contribution is -2.55. The van der Waals surface area contributed by atoms with E-state index >= 15 is 0 Å². The second-order valence-electron chi connectivity index (χ2n) is 11.4. The Kier molecular flexibility index (Phi) is 9.01. The minimum absolute atomic E-state index is 0.0299. The van der Waals surface area contributed by atoms with Gasteiger partial charge in [0.2, 0.25) is 5.91 Å². The Balaban J connectivity index is 1.63. The van der Waals surface area contributed by atoms with Gasteiger partial charge < -0.3 is 15.0 Å². The topological polar surface area (TPSA) is 105 Å². The van der Waals surface area contributed by atoms with Crippen molar-refractivity contribution < 1.29 is 23.5 Å². The molecule has 1 aliphatic heterocycles. The zero-order valence-corrected chi connectivity index (χ0v) is 23.7. The second kappa shape index (κ2) is 12.3. The van der Waals surface area contributed by atoms with E-state index in [1.807, 2.05) is 52.0 Å². The van der Waals surface area contributed by atoms with Gasteiger partial charge in [-0.05, 0) is 60.1 Å². The molecule has 2 N–H and O–H groups in total. The van der Waals surface area contributed by atoms with Crippen LogP contribution in [0.25, 0.3) is 11.1 Å². The molecule has 0 spiro atoms. The third kappa shape index (κ3) is 7.43. The molecule has 1 aromatic carbocycles. The Labute approximate surface area is 238 Å². The Hall–Kier alpha value is -3.92. The molecule has 1 aliphatic rings. The van der Waals surface area contributed by atoms with Crippen LogP contribution in [0, 0.1) is 19.8 Å². The Morgan fingerprint density at radius 1 is 1.10 bits per heavy atom. The number of likely N-dealkylation sites (tertiary alicyclic amines) is 1. The highest BCUT2D eigenvalue weighted by atomic mass is 19.3. The summed E-state index contributed by atoms with van der Waals surface area (Å²) in [5.74, 6) is -4.28. The first-order valence-corrected chi connectivity index (χ1v) is 13.7. The Morgan fingerprint density at radius 2 is 1.78 bits per heavy atom. The molecule has 2 atom stereocenters. The number of carboxylic acids is 1. The first-order chi connectivity index (χ1) is 19.3. The van der Waals surface area contributed by atoms with Crippen LogP contribution in [0.15, 0.2) is 59.8 Å². The first kappa shape index (κ1) is 30.0. The highest BCUT2D eigenvalue weighted by molar-refractivity contribution is 5.82. The monoisotopic (exact) mass is 566 g/mol. The highest BCUT2D eigenvalue weighted by Crippen LogP contribution is 2.30. The molecule has 3 aromatic rings. The lowest BCUT2D eigenvalue weighted by molar-refractivity contribution is -0.138. The summed E-state index contributed by atoms with van der Waals surface area (Å²) < 4.78 is 28.0. The Bertz CT molecular complexity index is 1460. The number of benzene rings is 1. The van der Waals surface area contributed by atoms with Gasteiger partial charge in [0.05, 0.1) is 25.6 Å². The second-order valence-corrected chi connectivity index (χ2v) is 11.4. The number of carbonyl (C=O) groups excluding carboxylic acids is 1. The molecule has 0 unspecified atom stereocenters. The fourth-order valence-electron chi connectivity index (χ4n) is 5.41. The van der Waals surface area contributed by atoms with Crippen LogP contribution in [0.2, 0.25) is 0 Å². The van der Waals surface area contributed by atoms with Gasteiger partial charge in [-0.1, -0.05) is 38.1 Å². The maximum atomic E-state index is 13.8. The van der Waals surface area contributed by atoms with E-state index in [0.29, 0.717) is 17.5 Å².